The maximum atomic E-state index is 12.7. The van der Waals surface area contributed by atoms with E-state index in [0.29, 0.717) is 37.2 Å². The molecule has 0 radical (unpaired) electrons. The Morgan fingerprint density at radius 1 is 1.21 bits per heavy atom. The third-order valence-corrected chi connectivity index (χ3v) is 6.32. The highest BCUT2D eigenvalue weighted by Gasteiger charge is 2.38. The van der Waals surface area contributed by atoms with Gasteiger partial charge in [-0.25, -0.2) is 9.97 Å². The van der Waals surface area contributed by atoms with Crippen molar-refractivity contribution in [2.24, 2.45) is 0 Å². The van der Waals surface area contributed by atoms with Crippen molar-refractivity contribution in [1.29, 1.82) is 5.26 Å². The minimum Gasteiger partial charge on any atom is -0.338 e. The zero-order valence-electron chi connectivity index (χ0n) is 16.3. The summed E-state index contributed by atoms with van der Waals surface area (Å²) in [5.74, 6) is 0.958. The summed E-state index contributed by atoms with van der Waals surface area (Å²) in [4.78, 5) is 26.6. The molecular weight excluding hydrogens is 364 g/mol. The number of piperazine rings is 1. The van der Waals surface area contributed by atoms with Gasteiger partial charge in [0.25, 0.3) is 0 Å². The Hall–Kier alpha value is -2.98. The summed E-state index contributed by atoms with van der Waals surface area (Å²) in [7, 11) is 0. The van der Waals surface area contributed by atoms with E-state index < -0.39 is 0 Å². The smallest absolute Gasteiger partial charge is 0.227 e. The molecule has 29 heavy (non-hydrogen) atoms. The minimum absolute atomic E-state index is 0.101. The van der Waals surface area contributed by atoms with E-state index in [4.69, 9.17) is 10.2 Å². The van der Waals surface area contributed by atoms with Crippen molar-refractivity contribution < 1.29 is 4.79 Å². The fraction of sp³-hybridized carbons (Fsp3) is 0.455. The van der Waals surface area contributed by atoms with Crippen molar-refractivity contribution in [3.8, 4) is 6.07 Å². The molecule has 7 nitrogen and oxygen atoms in total. The topological polar surface area (TPSA) is 85.2 Å². The van der Waals surface area contributed by atoms with Gasteiger partial charge >= 0.3 is 0 Å². The average molecular weight is 388 g/mol. The lowest BCUT2D eigenvalue weighted by Crippen LogP contribution is -2.52. The highest BCUT2D eigenvalue weighted by atomic mass is 16.2. The van der Waals surface area contributed by atoms with Gasteiger partial charge in [0.1, 0.15) is 0 Å². The molecule has 2 saturated heterocycles. The van der Waals surface area contributed by atoms with Crippen molar-refractivity contribution in [2.75, 3.05) is 24.5 Å². The van der Waals surface area contributed by atoms with Gasteiger partial charge < -0.3 is 15.1 Å². The number of rotatable bonds is 3. The highest BCUT2D eigenvalue weighted by molar-refractivity contribution is 5.79. The van der Waals surface area contributed by atoms with Crippen LogP contribution in [0.25, 0.3) is 0 Å². The number of aromatic nitrogens is 2. The molecule has 1 aromatic heterocycles. The number of nitriles is 1. The Balaban J connectivity index is 1.27. The summed E-state index contributed by atoms with van der Waals surface area (Å²) >= 11 is 0. The van der Waals surface area contributed by atoms with E-state index in [0.717, 1.165) is 42.3 Å². The fourth-order valence-corrected chi connectivity index (χ4v) is 4.73. The average Bonchev–Trinajstić information content (AvgIpc) is 3.01. The molecule has 4 heterocycles. The Labute approximate surface area is 170 Å². The molecule has 2 aromatic rings. The number of hydrogen-bond donors (Lipinski definition) is 1. The van der Waals surface area contributed by atoms with Crippen LogP contribution in [-0.4, -0.2) is 52.5 Å². The quantitative estimate of drug-likeness (QED) is 0.856. The number of fused-ring (bicyclic) bond motifs is 3. The Morgan fingerprint density at radius 2 is 1.97 bits per heavy atom. The molecule has 7 heteroatoms. The van der Waals surface area contributed by atoms with Gasteiger partial charge in [-0.15, -0.1) is 0 Å². The van der Waals surface area contributed by atoms with E-state index >= 15 is 0 Å². The fourth-order valence-electron chi connectivity index (χ4n) is 4.73. The van der Waals surface area contributed by atoms with Crippen LogP contribution in [0.5, 0.6) is 0 Å². The molecule has 5 rings (SSSR count). The first kappa shape index (κ1) is 18.1. The number of carbonyl (C=O) groups is 1. The van der Waals surface area contributed by atoms with Crippen LogP contribution in [0.4, 0.5) is 5.95 Å². The molecule has 0 aliphatic carbocycles. The van der Waals surface area contributed by atoms with Crippen LogP contribution < -0.4 is 10.2 Å². The van der Waals surface area contributed by atoms with Gasteiger partial charge in [0.15, 0.2) is 0 Å². The second kappa shape index (κ2) is 7.45. The lowest BCUT2D eigenvalue weighted by atomic mass is 10.0. The van der Waals surface area contributed by atoms with Gasteiger partial charge in [-0.1, -0.05) is 12.1 Å². The number of amides is 1. The van der Waals surface area contributed by atoms with Gasteiger partial charge in [0.05, 0.1) is 23.7 Å². The largest absolute Gasteiger partial charge is 0.338 e. The SMILES string of the molecule is N#Cc1ccc(CC(=O)N2CCc3nc(N4C5CCC4CNC5)ncc3C2)cc1. The number of hydrogen-bond acceptors (Lipinski definition) is 6. The first-order valence-corrected chi connectivity index (χ1v) is 10.3. The van der Waals surface area contributed by atoms with Gasteiger partial charge in [-0.2, -0.15) is 5.26 Å². The molecule has 148 valence electrons. The second-order valence-electron chi connectivity index (χ2n) is 8.14. The second-order valence-corrected chi connectivity index (χ2v) is 8.14. The molecular formula is C22H24N6O. The van der Waals surface area contributed by atoms with Crippen molar-refractivity contribution in [3.63, 3.8) is 0 Å². The maximum Gasteiger partial charge on any atom is 0.227 e. The summed E-state index contributed by atoms with van der Waals surface area (Å²) in [6, 6.07) is 10.3. The summed E-state index contributed by atoms with van der Waals surface area (Å²) in [5.41, 5.74) is 3.67. The number of carbonyl (C=O) groups excluding carboxylic acids is 1. The highest BCUT2D eigenvalue weighted by Crippen LogP contribution is 2.31. The summed E-state index contributed by atoms with van der Waals surface area (Å²) in [5, 5.41) is 12.4. The zero-order valence-corrected chi connectivity index (χ0v) is 16.3. The molecule has 1 amide bonds. The molecule has 2 fully saturated rings. The molecule has 3 aliphatic rings. The lowest BCUT2D eigenvalue weighted by molar-refractivity contribution is -0.131. The predicted molar refractivity (Wildman–Crippen MR) is 108 cm³/mol. The maximum absolute atomic E-state index is 12.7. The van der Waals surface area contributed by atoms with E-state index in [1.54, 1.807) is 12.1 Å². The number of nitrogens with zero attached hydrogens (tertiary/aromatic N) is 5. The molecule has 1 N–H and O–H groups in total. The van der Waals surface area contributed by atoms with Crippen LogP contribution in [0, 0.1) is 11.3 Å². The van der Waals surface area contributed by atoms with Crippen LogP contribution in [-0.2, 0) is 24.2 Å². The standard InChI is InChI=1S/C22H24N6O/c23-10-16-3-1-15(2-4-16)9-21(29)27-8-7-20-17(14-27)11-25-22(26-20)28-18-5-6-19(28)13-24-12-18/h1-4,11,18-19,24H,5-9,12-14H2. The lowest BCUT2D eigenvalue weighted by Gasteiger charge is -2.36. The third kappa shape index (κ3) is 3.45. The van der Waals surface area contributed by atoms with Gasteiger partial charge in [-0.05, 0) is 30.5 Å². The monoisotopic (exact) mass is 388 g/mol. The molecule has 1 aromatic carbocycles. The number of nitrogens with one attached hydrogen (secondary N) is 1. The Bertz CT molecular complexity index is 950. The molecule has 0 saturated carbocycles. The number of benzene rings is 1. The van der Waals surface area contributed by atoms with E-state index in [9.17, 15) is 4.79 Å². The predicted octanol–water partition coefficient (Wildman–Crippen LogP) is 1.42. The zero-order chi connectivity index (χ0) is 19.8. The summed E-state index contributed by atoms with van der Waals surface area (Å²) < 4.78 is 0. The van der Waals surface area contributed by atoms with Crippen molar-refractivity contribution >= 4 is 11.9 Å². The Morgan fingerprint density at radius 3 is 2.69 bits per heavy atom. The summed E-state index contributed by atoms with van der Waals surface area (Å²) in [6.07, 6.45) is 5.45. The van der Waals surface area contributed by atoms with Crippen LogP contribution in [0.1, 0.15) is 35.2 Å². The molecule has 2 bridgehead atoms. The van der Waals surface area contributed by atoms with Gasteiger partial charge in [0, 0.05) is 56.4 Å². The minimum atomic E-state index is 0.101. The van der Waals surface area contributed by atoms with Crippen molar-refractivity contribution in [3.05, 3.63) is 52.8 Å². The van der Waals surface area contributed by atoms with Gasteiger partial charge in [-0.3, -0.25) is 4.79 Å². The van der Waals surface area contributed by atoms with E-state index in [1.165, 1.54) is 12.8 Å². The molecule has 2 unspecified atom stereocenters. The Kier molecular flexibility index (Phi) is 4.64. The van der Waals surface area contributed by atoms with E-state index in [1.807, 2.05) is 23.2 Å². The van der Waals surface area contributed by atoms with Crippen molar-refractivity contribution in [2.45, 2.75) is 44.3 Å². The van der Waals surface area contributed by atoms with E-state index in [-0.39, 0.29) is 5.91 Å². The first-order valence-electron chi connectivity index (χ1n) is 10.3. The summed E-state index contributed by atoms with van der Waals surface area (Å²) in [6.45, 7) is 3.27. The van der Waals surface area contributed by atoms with E-state index in [2.05, 4.69) is 21.3 Å². The molecule has 2 atom stereocenters. The van der Waals surface area contributed by atoms with Crippen LogP contribution >= 0.6 is 0 Å². The molecule has 3 aliphatic heterocycles. The molecule has 0 spiro atoms. The normalized spacial score (nSPS) is 22.9. The van der Waals surface area contributed by atoms with Gasteiger partial charge in [0.2, 0.25) is 11.9 Å². The van der Waals surface area contributed by atoms with Crippen LogP contribution in [0.2, 0.25) is 0 Å². The van der Waals surface area contributed by atoms with Crippen LogP contribution in [0.15, 0.2) is 30.5 Å². The first-order chi connectivity index (χ1) is 14.2. The van der Waals surface area contributed by atoms with Crippen LogP contribution in [0.3, 0.4) is 0 Å². The number of anilines is 1. The third-order valence-electron chi connectivity index (χ3n) is 6.32. The van der Waals surface area contributed by atoms with Crippen molar-refractivity contribution in [1.82, 2.24) is 20.2 Å².